The molecule has 2 atom stereocenters. The largest absolute Gasteiger partial charge is 0.450 e. The van der Waals surface area contributed by atoms with Crippen LogP contribution in [0.2, 0.25) is 0 Å². The molecule has 130 valence electrons. The number of amides is 1. The molecular formula is C16H20N2O6. The lowest BCUT2D eigenvalue weighted by Crippen LogP contribution is -2.50. The summed E-state index contributed by atoms with van der Waals surface area (Å²) in [5.74, 6) is -1.33. The molecule has 8 nitrogen and oxygen atoms in total. The minimum Gasteiger partial charge on any atom is -0.450 e. The molecule has 1 aromatic rings. The molecule has 8 heteroatoms. The molecule has 0 N–H and O–H groups in total. The molecule has 0 radical (unpaired) electrons. The zero-order chi connectivity index (χ0) is 17.1. The summed E-state index contributed by atoms with van der Waals surface area (Å²) in [6.07, 6.45) is 6.64. The van der Waals surface area contributed by atoms with Gasteiger partial charge in [0.15, 0.2) is 6.61 Å². The molecule has 3 rings (SSSR count). The van der Waals surface area contributed by atoms with Crippen molar-refractivity contribution >= 4 is 17.8 Å². The SMILES string of the molecule is O=C(OCC(=O)N1CCC[C@H]2CCCC[C@@H]21)c1ccc([N+](=O)[O-])o1. The number of esters is 1. The van der Waals surface area contributed by atoms with Crippen LogP contribution in [0, 0.1) is 16.0 Å². The number of nitro groups is 1. The average Bonchev–Trinajstić information content (AvgIpc) is 3.09. The topological polar surface area (TPSA) is 103 Å². The second-order valence-corrected chi connectivity index (χ2v) is 6.31. The fourth-order valence-corrected chi connectivity index (χ4v) is 3.75. The summed E-state index contributed by atoms with van der Waals surface area (Å²) in [6, 6.07) is 2.50. The van der Waals surface area contributed by atoms with Gasteiger partial charge in [-0.05, 0) is 37.7 Å². The van der Waals surface area contributed by atoms with Crippen molar-refractivity contribution in [3.8, 4) is 0 Å². The third-order valence-electron chi connectivity index (χ3n) is 4.86. The van der Waals surface area contributed by atoms with Gasteiger partial charge in [-0.1, -0.05) is 12.8 Å². The van der Waals surface area contributed by atoms with Crippen LogP contribution >= 0.6 is 0 Å². The molecule has 0 unspecified atom stereocenters. The molecule has 2 heterocycles. The van der Waals surface area contributed by atoms with Gasteiger partial charge in [0.05, 0.1) is 6.07 Å². The highest BCUT2D eigenvalue weighted by atomic mass is 16.7. The summed E-state index contributed by atoms with van der Waals surface area (Å²) >= 11 is 0. The highest BCUT2D eigenvalue weighted by Crippen LogP contribution is 2.35. The molecule has 1 saturated carbocycles. The van der Waals surface area contributed by atoms with E-state index in [1.54, 1.807) is 0 Å². The molecule has 1 saturated heterocycles. The smallest absolute Gasteiger partial charge is 0.433 e. The fourth-order valence-electron chi connectivity index (χ4n) is 3.75. The number of rotatable bonds is 4. The number of hydrogen-bond donors (Lipinski definition) is 0. The summed E-state index contributed by atoms with van der Waals surface area (Å²) in [7, 11) is 0. The Kier molecular flexibility index (Phi) is 4.82. The summed E-state index contributed by atoms with van der Waals surface area (Å²) in [4.78, 5) is 35.9. The molecule has 2 fully saturated rings. The van der Waals surface area contributed by atoms with Gasteiger partial charge in [-0.15, -0.1) is 0 Å². The Morgan fingerprint density at radius 2 is 2.00 bits per heavy atom. The normalized spacial score (nSPS) is 23.4. The lowest BCUT2D eigenvalue weighted by molar-refractivity contribution is -0.402. The van der Waals surface area contributed by atoms with Gasteiger partial charge in [0.2, 0.25) is 5.76 Å². The van der Waals surface area contributed by atoms with Gasteiger partial charge in [0, 0.05) is 12.6 Å². The molecule has 0 bridgehead atoms. The van der Waals surface area contributed by atoms with Crippen molar-refractivity contribution in [1.29, 1.82) is 0 Å². The van der Waals surface area contributed by atoms with Crippen LogP contribution in [0.15, 0.2) is 16.5 Å². The Morgan fingerprint density at radius 3 is 2.75 bits per heavy atom. The molecular weight excluding hydrogens is 316 g/mol. The molecule has 24 heavy (non-hydrogen) atoms. The molecule has 1 aliphatic carbocycles. The number of nitrogens with zero attached hydrogens (tertiary/aromatic N) is 2. The summed E-state index contributed by atoms with van der Waals surface area (Å²) in [6.45, 7) is 0.334. The first-order valence-corrected chi connectivity index (χ1v) is 8.27. The van der Waals surface area contributed by atoms with E-state index in [9.17, 15) is 19.7 Å². The number of ether oxygens (including phenoxy) is 1. The van der Waals surface area contributed by atoms with Gasteiger partial charge in [-0.25, -0.2) is 4.79 Å². The van der Waals surface area contributed by atoms with Gasteiger partial charge in [0.25, 0.3) is 5.91 Å². The van der Waals surface area contributed by atoms with Crippen LogP contribution in [0.1, 0.15) is 49.1 Å². The molecule has 1 aliphatic heterocycles. The second kappa shape index (κ2) is 7.02. The fraction of sp³-hybridized carbons (Fsp3) is 0.625. The van der Waals surface area contributed by atoms with E-state index in [-0.39, 0.29) is 24.3 Å². The number of likely N-dealkylation sites (tertiary alicyclic amines) is 1. The van der Waals surface area contributed by atoms with Gasteiger partial charge in [0.1, 0.15) is 4.92 Å². The lowest BCUT2D eigenvalue weighted by atomic mass is 9.78. The summed E-state index contributed by atoms with van der Waals surface area (Å²) in [5.41, 5.74) is 0. The second-order valence-electron chi connectivity index (χ2n) is 6.31. The number of hydrogen-bond acceptors (Lipinski definition) is 6. The number of carbonyl (C=O) groups is 2. The zero-order valence-electron chi connectivity index (χ0n) is 13.3. The van der Waals surface area contributed by atoms with Crippen LogP contribution in [-0.4, -0.2) is 40.9 Å². The quantitative estimate of drug-likeness (QED) is 0.475. The average molecular weight is 336 g/mol. The van der Waals surface area contributed by atoms with Crippen LogP contribution in [0.3, 0.4) is 0 Å². The Balaban J connectivity index is 1.56. The van der Waals surface area contributed by atoms with Crippen LogP contribution in [0.5, 0.6) is 0 Å². The number of piperidine rings is 1. The lowest BCUT2D eigenvalue weighted by Gasteiger charge is -2.44. The van der Waals surface area contributed by atoms with Crippen molar-refractivity contribution in [2.75, 3.05) is 13.2 Å². The highest BCUT2D eigenvalue weighted by Gasteiger charge is 2.36. The van der Waals surface area contributed by atoms with Gasteiger partial charge < -0.3 is 14.1 Å². The van der Waals surface area contributed by atoms with E-state index < -0.39 is 16.8 Å². The first kappa shape index (κ1) is 16.5. The molecule has 1 aromatic heterocycles. The van der Waals surface area contributed by atoms with Crippen LogP contribution in [0.4, 0.5) is 5.88 Å². The van der Waals surface area contributed by atoms with E-state index >= 15 is 0 Å². The van der Waals surface area contributed by atoms with Crippen molar-refractivity contribution < 1.29 is 23.7 Å². The van der Waals surface area contributed by atoms with E-state index in [1.165, 1.54) is 12.5 Å². The summed E-state index contributed by atoms with van der Waals surface area (Å²) < 4.78 is 9.74. The Labute approximate surface area is 138 Å². The van der Waals surface area contributed by atoms with Gasteiger partial charge >= 0.3 is 11.9 Å². The highest BCUT2D eigenvalue weighted by molar-refractivity contribution is 5.89. The third kappa shape index (κ3) is 3.42. The van der Waals surface area contributed by atoms with E-state index in [4.69, 9.17) is 9.15 Å². The predicted molar refractivity (Wildman–Crippen MR) is 82.3 cm³/mol. The van der Waals surface area contributed by atoms with E-state index in [0.717, 1.165) is 38.2 Å². The van der Waals surface area contributed by atoms with Crippen molar-refractivity contribution in [1.82, 2.24) is 4.90 Å². The van der Waals surface area contributed by atoms with Crippen molar-refractivity contribution in [3.63, 3.8) is 0 Å². The summed E-state index contributed by atoms with van der Waals surface area (Å²) in [5, 5.41) is 10.5. The van der Waals surface area contributed by atoms with Gasteiger partial charge in [-0.2, -0.15) is 0 Å². The van der Waals surface area contributed by atoms with E-state index in [2.05, 4.69) is 0 Å². The third-order valence-corrected chi connectivity index (χ3v) is 4.86. The first-order chi connectivity index (χ1) is 11.6. The molecule has 0 spiro atoms. The maximum absolute atomic E-state index is 12.4. The minimum absolute atomic E-state index is 0.207. The van der Waals surface area contributed by atoms with Crippen LogP contribution in [0.25, 0.3) is 0 Å². The number of furan rings is 1. The zero-order valence-corrected chi connectivity index (χ0v) is 13.3. The molecule has 0 aromatic carbocycles. The first-order valence-electron chi connectivity index (χ1n) is 8.27. The predicted octanol–water partition coefficient (Wildman–Crippen LogP) is 2.53. The van der Waals surface area contributed by atoms with Crippen LogP contribution < -0.4 is 0 Å². The Morgan fingerprint density at radius 1 is 1.25 bits per heavy atom. The van der Waals surface area contributed by atoms with Crippen molar-refractivity contribution in [2.45, 2.75) is 44.6 Å². The van der Waals surface area contributed by atoms with E-state index in [0.29, 0.717) is 12.5 Å². The molecule has 2 aliphatic rings. The molecule has 1 amide bonds. The standard InChI is InChI=1S/C16H20N2O6/c19-14(17-9-3-5-11-4-1-2-6-12(11)17)10-23-16(20)13-7-8-15(24-13)18(21)22/h7-8,11-12H,1-6,9-10H2/t11-,12+/m1/s1. The number of carbonyl (C=O) groups excluding carboxylic acids is 2. The minimum atomic E-state index is -0.867. The van der Waals surface area contributed by atoms with Crippen molar-refractivity contribution in [2.24, 2.45) is 5.92 Å². The maximum atomic E-state index is 12.4. The maximum Gasteiger partial charge on any atom is 0.433 e. The monoisotopic (exact) mass is 336 g/mol. The van der Waals surface area contributed by atoms with E-state index in [1.807, 2.05) is 4.90 Å². The Hall–Kier alpha value is -2.38. The van der Waals surface area contributed by atoms with Gasteiger partial charge in [-0.3, -0.25) is 14.9 Å². The number of fused-ring (bicyclic) bond motifs is 1. The Bertz CT molecular complexity index is 638. The van der Waals surface area contributed by atoms with Crippen LogP contribution in [-0.2, 0) is 9.53 Å². The van der Waals surface area contributed by atoms with Crippen molar-refractivity contribution in [3.05, 3.63) is 28.0 Å².